The summed E-state index contributed by atoms with van der Waals surface area (Å²) in [5, 5.41) is 24.0. The van der Waals surface area contributed by atoms with E-state index in [1.165, 1.54) is 6.07 Å². The minimum absolute atomic E-state index is 0.176. The van der Waals surface area contributed by atoms with Crippen LogP contribution in [0.3, 0.4) is 0 Å². The third-order valence-electron chi connectivity index (χ3n) is 5.51. The molecule has 0 saturated heterocycles. The summed E-state index contributed by atoms with van der Waals surface area (Å²) in [5.41, 5.74) is 2.53. The Morgan fingerprint density at radius 3 is 2.49 bits per heavy atom. The van der Waals surface area contributed by atoms with Crippen LogP contribution in [0.5, 0.6) is 0 Å². The number of nitrogens with one attached hydrogen (secondary N) is 1. The molecule has 0 bridgehead atoms. The number of carbonyl (C=O) groups is 1. The third kappa shape index (κ3) is 6.85. The van der Waals surface area contributed by atoms with E-state index in [1.807, 2.05) is 50.2 Å². The standard InChI is InChI=1S/C26H28N6O3/c1-19(23-6-4-5-13-28-23)29-24-12-11-22(16-25(24)32(34)35)26(33)31(15-14-30(2)3)18-21-9-7-20(17-27)8-10-21/h4-13,16,19,29H,14-15,18H2,1-3H3. The number of nitro groups is 1. The number of rotatable bonds is 10. The highest BCUT2D eigenvalue weighted by Crippen LogP contribution is 2.29. The lowest BCUT2D eigenvalue weighted by atomic mass is 10.1. The van der Waals surface area contributed by atoms with Crippen molar-refractivity contribution >= 4 is 17.3 Å². The summed E-state index contributed by atoms with van der Waals surface area (Å²) in [5.74, 6) is -0.302. The van der Waals surface area contributed by atoms with Crippen molar-refractivity contribution in [3.8, 4) is 6.07 Å². The molecule has 0 aliphatic carbocycles. The summed E-state index contributed by atoms with van der Waals surface area (Å²) in [6.45, 7) is 3.26. The molecule has 1 heterocycles. The second-order valence-electron chi connectivity index (χ2n) is 8.45. The van der Waals surface area contributed by atoms with Gasteiger partial charge in [0.05, 0.1) is 28.3 Å². The van der Waals surface area contributed by atoms with E-state index >= 15 is 0 Å². The summed E-state index contributed by atoms with van der Waals surface area (Å²) >= 11 is 0. The van der Waals surface area contributed by atoms with Gasteiger partial charge in [-0.2, -0.15) is 5.26 Å². The van der Waals surface area contributed by atoms with Gasteiger partial charge in [-0.1, -0.05) is 18.2 Å². The smallest absolute Gasteiger partial charge is 0.293 e. The molecular formula is C26H28N6O3. The summed E-state index contributed by atoms with van der Waals surface area (Å²) in [6, 6.07) is 18.8. The Balaban J connectivity index is 1.86. The second-order valence-corrected chi connectivity index (χ2v) is 8.45. The number of carbonyl (C=O) groups excluding carboxylic acids is 1. The number of hydrogen-bond donors (Lipinski definition) is 1. The maximum Gasteiger partial charge on any atom is 0.293 e. The molecule has 180 valence electrons. The van der Waals surface area contributed by atoms with Crippen LogP contribution in [0.15, 0.2) is 66.9 Å². The molecule has 35 heavy (non-hydrogen) atoms. The first-order valence-electron chi connectivity index (χ1n) is 11.2. The molecular weight excluding hydrogens is 444 g/mol. The van der Waals surface area contributed by atoms with Crippen LogP contribution < -0.4 is 5.32 Å². The predicted molar refractivity (Wildman–Crippen MR) is 134 cm³/mol. The fourth-order valence-corrected chi connectivity index (χ4v) is 3.54. The van der Waals surface area contributed by atoms with Crippen LogP contribution in [0.2, 0.25) is 0 Å². The van der Waals surface area contributed by atoms with Gasteiger partial charge in [-0.25, -0.2) is 0 Å². The lowest BCUT2D eigenvalue weighted by Gasteiger charge is -2.25. The van der Waals surface area contributed by atoms with Gasteiger partial charge in [0.15, 0.2) is 0 Å². The molecule has 0 saturated carbocycles. The normalized spacial score (nSPS) is 11.5. The minimum atomic E-state index is -0.491. The van der Waals surface area contributed by atoms with Crippen molar-refractivity contribution in [1.29, 1.82) is 5.26 Å². The van der Waals surface area contributed by atoms with E-state index in [0.717, 1.165) is 11.3 Å². The van der Waals surface area contributed by atoms with E-state index in [2.05, 4.69) is 16.4 Å². The number of pyridine rings is 1. The molecule has 1 unspecified atom stereocenters. The quantitative estimate of drug-likeness (QED) is 0.347. The molecule has 3 rings (SSSR count). The van der Waals surface area contributed by atoms with Crippen molar-refractivity contribution in [2.24, 2.45) is 0 Å². The average molecular weight is 473 g/mol. The molecule has 0 radical (unpaired) electrons. The van der Waals surface area contributed by atoms with Crippen molar-refractivity contribution in [2.75, 3.05) is 32.5 Å². The molecule has 2 aromatic carbocycles. The number of hydrogen-bond acceptors (Lipinski definition) is 7. The van der Waals surface area contributed by atoms with Gasteiger partial charge in [-0.3, -0.25) is 19.9 Å². The fraction of sp³-hybridized carbons (Fsp3) is 0.269. The topological polar surface area (TPSA) is 115 Å². The molecule has 9 nitrogen and oxygen atoms in total. The van der Waals surface area contributed by atoms with Gasteiger partial charge in [0, 0.05) is 37.5 Å². The number of nitrogens with zero attached hydrogens (tertiary/aromatic N) is 5. The van der Waals surface area contributed by atoms with Crippen LogP contribution >= 0.6 is 0 Å². The fourth-order valence-electron chi connectivity index (χ4n) is 3.54. The number of amides is 1. The Morgan fingerprint density at radius 1 is 1.14 bits per heavy atom. The van der Waals surface area contributed by atoms with Gasteiger partial charge in [0.1, 0.15) is 5.69 Å². The number of likely N-dealkylation sites (N-methyl/N-ethyl adjacent to an activating group) is 1. The molecule has 9 heteroatoms. The van der Waals surface area contributed by atoms with Gasteiger partial charge in [0.25, 0.3) is 11.6 Å². The number of aromatic nitrogens is 1. The van der Waals surface area contributed by atoms with Crippen LogP contribution in [0, 0.1) is 21.4 Å². The predicted octanol–water partition coefficient (Wildman–Crippen LogP) is 4.24. The Labute approximate surface area is 204 Å². The Hall–Kier alpha value is -4.29. The van der Waals surface area contributed by atoms with E-state index in [-0.39, 0.29) is 23.2 Å². The maximum atomic E-state index is 13.4. The average Bonchev–Trinajstić information content (AvgIpc) is 2.87. The maximum absolute atomic E-state index is 13.4. The number of nitro benzene ring substituents is 1. The van der Waals surface area contributed by atoms with E-state index < -0.39 is 4.92 Å². The van der Waals surface area contributed by atoms with Crippen LogP contribution in [0.25, 0.3) is 0 Å². The molecule has 1 N–H and O–H groups in total. The highest BCUT2D eigenvalue weighted by atomic mass is 16.6. The van der Waals surface area contributed by atoms with Gasteiger partial charge in [-0.15, -0.1) is 0 Å². The number of anilines is 1. The molecule has 0 aliphatic heterocycles. The zero-order chi connectivity index (χ0) is 25.4. The van der Waals surface area contributed by atoms with Crippen molar-refractivity contribution < 1.29 is 9.72 Å². The molecule has 0 fully saturated rings. The monoisotopic (exact) mass is 472 g/mol. The highest BCUT2D eigenvalue weighted by molar-refractivity contribution is 5.95. The third-order valence-corrected chi connectivity index (χ3v) is 5.51. The van der Waals surface area contributed by atoms with Crippen molar-refractivity contribution in [1.82, 2.24) is 14.8 Å². The molecule has 1 aromatic heterocycles. The van der Waals surface area contributed by atoms with Crippen molar-refractivity contribution in [3.05, 3.63) is 99.4 Å². The first-order valence-corrected chi connectivity index (χ1v) is 11.2. The molecule has 0 spiro atoms. The van der Waals surface area contributed by atoms with E-state index in [0.29, 0.717) is 30.9 Å². The van der Waals surface area contributed by atoms with Gasteiger partial charge in [-0.05, 0) is 63.0 Å². The first-order chi connectivity index (χ1) is 16.8. The Kier molecular flexibility index (Phi) is 8.48. The second kappa shape index (κ2) is 11.7. The van der Waals surface area contributed by atoms with Crippen molar-refractivity contribution in [3.63, 3.8) is 0 Å². The minimum Gasteiger partial charge on any atom is -0.371 e. The zero-order valence-electron chi connectivity index (χ0n) is 20.0. The van der Waals surface area contributed by atoms with E-state index in [4.69, 9.17) is 5.26 Å². The highest BCUT2D eigenvalue weighted by Gasteiger charge is 2.23. The lowest BCUT2D eigenvalue weighted by molar-refractivity contribution is -0.384. The summed E-state index contributed by atoms with van der Waals surface area (Å²) in [6.07, 6.45) is 1.67. The Morgan fingerprint density at radius 2 is 1.89 bits per heavy atom. The van der Waals surface area contributed by atoms with Gasteiger partial charge in [0.2, 0.25) is 0 Å². The van der Waals surface area contributed by atoms with Crippen LogP contribution in [0.4, 0.5) is 11.4 Å². The summed E-state index contributed by atoms with van der Waals surface area (Å²) < 4.78 is 0. The SMILES string of the molecule is CC(Nc1ccc(C(=O)N(CCN(C)C)Cc2ccc(C#N)cc2)cc1[N+](=O)[O-])c1ccccn1. The zero-order valence-corrected chi connectivity index (χ0v) is 20.0. The van der Waals surface area contributed by atoms with E-state index in [1.54, 1.807) is 41.4 Å². The van der Waals surface area contributed by atoms with Crippen LogP contribution in [0.1, 0.15) is 40.1 Å². The lowest BCUT2D eigenvalue weighted by Crippen LogP contribution is -2.36. The molecule has 1 atom stereocenters. The summed E-state index contributed by atoms with van der Waals surface area (Å²) in [4.78, 5) is 32.7. The largest absolute Gasteiger partial charge is 0.371 e. The van der Waals surface area contributed by atoms with Crippen LogP contribution in [-0.4, -0.2) is 52.8 Å². The number of nitriles is 1. The molecule has 3 aromatic rings. The Bertz CT molecular complexity index is 1210. The van der Waals surface area contributed by atoms with Gasteiger partial charge >= 0.3 is 0 Å². The van der Waals surface area contributed by atoms with Crippen molar-refractivity contribution in [2.45, 2.75) is 19.5 Å². The van der Waals surface area contributed by atoms with Crippen LogP contribution in [-0.2, 0) is 6.54 Å². The summed E-state index contributed by atoms with van der Waals surface area (Å²) in [7, 11) is 3.83. The van der Waals surface area contributed by atoms with E-state index in [9.17, 15) is 14.9 Å². The molecule has 1 amide bonds. The number of benzene rings is 2. The van der Waals surface area contributed by atoms with Gasteiger partial charge < -0.3 is 15.1 Å². The molecule has 0 aliphatic rings. The first kappa shape index (κ1) is 25.3.